The van der Waals surface area contributed by atoms with Gasteiger partial charge in [-0.05, 0) is 36.4 Å². The van der Waals surface area contributed by atoms with Gasteiger partial charge in [-0.1, -0.05) is 6.07 Å². The topological polar surface area (TPSA) is 60.5 Å². The van der Waals surface area contributed by atoms with Crippen molar-refractivity contribution in [1.82, 2.24) is 4.98 Å². The summed E-state index contributed by atoms with van der Waals surface area (Å²) in [4.78, 5) is 15.4. The Kier molecular flexibility index (Phi) is 5.22. The van der Waals surface area contributed by atoms with E-state index in [1.807, 2.05) is 0 Å². The van der Waals surface area contributed by atoms with Gasteiger partial charge < -0.3 is 14.8 Å². The maximum atomic E-state index is 12.9. The van der Waals surface area contributed by atoms with Gasteiger partial charge in [0.25, 0.3) is 5.91 Å². The maximum Gasteiger partial charge on any atom is 0.274 e. The summed E-state index contributed by atoms with van der Waals surface area (Å²) in [6, 6.07) is 10.9. The Balaban J connectivity index is 1.95. The van der Waals surface area contributed by atoms with Gasteiger partial charge in [-0.3, -0.25) is 4.79 Å². The molecule has 21 heavy (non-hydrogen) atoms. The number of hydrogen-bond acceptors (Lipinski definition) is 4. The minimum Gasteiger partial charge on any atom is -0.491 e. The average molecular weight is 290 g/mol. The molecular weight excluding hydrogens is 275 g/mol. The largest absolute Gasteiger partial charge is 0.491 e. The number of pyridine rings is 1. The van der Waals surface area contributed by atoms with Crippen LogP contribution >= 0.6 is 0 Å². The molecule has 0 spiro atoms. The fourth-order valence-electron chi connectivity index (χ4n) is 1.61. The van der Waals surface area contributed by atoms with Gasteiger partial charge in [-0.15, -0.1) is 0 Å². The SMILES string of the molecule is COCCOc1ccc(NC(=O)c2cccc(F)n2)cc1. The van der Waals surface area contributed by atoms with Crippen molar-refractivity contribution in [1.29, 1.82) is 0 Å². The highest BCUT2D eigenvalue weighted by atomic mass is 19.1. The molecule has 0 saturated heterocycles. The molecule has 0 aliphatic heterocycles. The van der Waals surface area contributed by atoms with E-state index in [9.17, 15) is 9.18 Å². The van der Waals surface area contributed by atoms with Crippen LogP contribution in [0.2, 0.25) is 0 Å². The molecule has 2 aromatic rings. The zero-order valence-corrected chi connectivity index (χ0v) is 11.5. The molecule has 0 aliphatic carbocycles. The maximum absolute atomic E-state index is 12.9. The van der Waals surface area contributed by atoms with Crippen LogP contribution in [0.3, 0.4) is 0 Å². The third-order valence-corrected chi connectivity index (χ3v) is 2.62. The minimum absolute atomic E-state index is 0.0235. The molecule has 1 heterocycles. The third-order valence-electron chi connectivity index (χ3n) is 2.62. The van der Waals surface area contributed by atoms with E-state index >= 15 is 0 Å². The molecule has 0 atom stereocenters. The van der Waals surface area contributed by atoms with Crippen LogP contribution in [0.5, 0.6) is 5.75 Å². The van der Waals surface area contributed by atoms with Crippen molar-refractivity contribution in [3.8, 4) is 5.75 Å². The first-order valence-electron chi connectivity index (χ1n) is 6.35. The van der Waals surface area contributed by atoms with Gasteiger partial charge >= 0.3 is 0 Å². The highest BCUT2D eigenvalue weighted by molar-refractivity contribution is 6.02. The number of rotatable bonds is 6. The summed E-state index contributed by atoms with van der Waals surface area (Å²) in [6.07, 6.45) is 0. The van der Waals surface area contributed by atoms with E-state index in [2.05, 4.69) is 10.3 Å². The van der Waals surface area contributed by atoms with E-state index in [0.717, 1.165) is 0 Å². The minimum atomic E-state index is -0.690. The van der Waals surface area contributed by atoms with Crippen LogP contribution in [0.1, 0.15) is 10.5 Å². The molecular formula is C15H15FN2O3. The number of hydrogen-bond donors (Lipinski definition) is 1. The molecule has 110 valence electrons. The number of carbonyl (C=O) groups is 1. The first-order valence-corrected chi connectivity index (χ1v) is 6.35. The van der Waals surface area contributed by atoms with Crippen molar-refractivity contribution in [2.24, 2.45) is 0 Å². The van der Waals surface area contributed by atoms with E-state index in [-0.39, 0.29) is 5.69 Å². The third kappa shape index (κ3) is 4.54. The molecule has 0 fully saturated rings. The van der Waals surface area contributed by atoms with Crippen molar-refractivity contribution in [2.45, 2.75) is 0 Å². The quantitative estimate of drug-likeness (QED) is 0.656. The number of nitrogens with one attached hydrogen (secondary N) is 1. The van der Waals surface area contributed by atoms with E-state index in [1.54, 1.807) is 31.4 Å². The molecule has 0 bridgehead atoms. The smallest absolute Gasteiger partial charge is 0.274 e. The van der Waals surface area contributed by atoms with Gasteiger partial charge in [0.05, 0.1) is 6.61 Å². The van der Waals surface area contributed by atoms with Crippen molar-refractivity contribution >= 4 is 11.6 Å². The first-order chi connectivity index (χ1) is 10.2. The summed E-state index contributed by atoms with van der Waals surface area (Å²) in [5.74, 6) is -0.485. The number of halogens is 1. The average Bonchev–Trinajstić information content (AvgIpc) is 2.49. The lowest BCUT2D eigenvalue weighted by molar-refractivity contribution is 0.102. The van der Waals surface area contributed by atoms with Crippen LogP contribution in [-0.4, -0.2) is 31.2 Å². The van der Waals surface area contributed by atoms with Gasteiger partial charge in [0.2, 0.25) is 5.95 Å². The Bertz CT molecular complexity index is 602. The number of methoxy groups -OCH3 is 1. The second-order valence-electron chi connectivity index (χ2n) is 4.17. The molecule has 0 unspecified atom stereocenters. The zero-order chi connectivity index (χ0) is 15.1. The van der Waals surface area contributed by atoms with E-state index in [0.29, 0.717) is 24.7 Å². The first kappa shape index (κ1) is 14.9. The van der Waals surface area contributed by atoms with E-state index in [1.165, 1.54) is 18.2 Å². The predicted octanol–water partition coefficient (Wildman–Crippen LogP) is 2.50. The molecule has 0 aliphatic rings. The van der Waals surface area contributed by atoms with Crippen LogP contribution in [0.4, 0.5) is 10.1 Å². The summed E-state index contributed by atoms with van der Waals surface area (Å²) < 4.78 is 23.2. The number of nitrogens with zero attached hydrogens (tertiary/aromatic N) is 1. The molecule has 1 N–H and O–H groups in total. The Morgan fingerprint density at radius 3 is 2.62 bits per heavy atom. The second-order valence-corrected chi connectivity index (χ2v) is 4.17. The summed E-state index contributed by atoms with van der Waals surface area (Å²) in [5, 5.41) is 2.63. The van der Waals surface area contributed by atoms with Crippen LogP contribution in [-0.2, 0) is 4.74 Å². The molecule has 0 saturated carbocycles. The Hall–Kier alpha value is -2.47. The number of anilines is 1. The van der Waals surface area contributed by atoms with Gasteiger partial charge in [-0.25, -0.2) is 4.98 Å². The van der Waals surface area contributed by atoms with Crippen molar-refractivity contribution in [3.05, 3.63) is 54.1 Å². The fraction of sp³-hybridized carbons (Fsp3) is 0.200. The Morgan fingerprint density at radius 1 is 1.19 bits per heavy atom. The summed E-state index contributed by atoms with van der Waals surface area (Å²) in [6.45, 7) is 0.957. The van der Waals surface area contributed by atoms with Gasteiger partial charge in [0.1, 0.15) is 18.1 Å². The summed E-state index contributed by atoms with van der Waals surface area (Å²) in [5.41, 5.74) is 0.598. The molecule has 1 aromatic carbocycles. The molecule has 1 amide bonds. The van der Waals surface area contributed by atoms with Gasteiger partial charge in [-0.2, -0.15) is 4.39 Å². The fourth-order valence-corrected chi connectivity index (χ4v) is 1.61. The Labute approximate surface area is 121 Å². The Morgan fingerprint density at radius 2 is 1.95 bits per heavy atom. The molecule has 1 aromatic heterocycles. The monoisotopic (exact) mass is 290 g/mol. The normalized spacial score (nSPS) is 10.2. The van der Waals surface area contributed by atoms with Crippen LogP contribution in [0.25, 0.3) is 0 Å². The zero-order valence-electron chi connectivity index (χ0n) is 11.5. The van der Waals surface area contributed by atoms with Crippen LogP contribution < -0.4 is 10.1 Å². The van der Waals surface area contributed by atoms with E-state index in [4.69, 9.17) is 9.47 Å². The van der Waals surface area contributed by atoms with Crippen molar-refractivity contribution in [2.75, 3.05) is 25.6 Å². The van der Waals surface area contributed by atoms with Gasteiger partial charge in [0.15, 0.2) is 0 Å². The van der Waals surface area contributed by atoms with Crippen LogP contribution in [0.15, 0.2) is 42.5 Å². The molecule has 0 radical (unpaired) electrons. The van der Waals surface area contributed by atoms with Crippen molar-refractivity contribution < 1.29 is 18.7 Å². The number of amides is 1. The second kappa shape index (κ2) is 7.35. The standard InChI is InChI=1S/C15H15FN2O3/c1-20-9-10-21-12-7-5-11(6-8-12)17-15(19)13-3-2-4-14(16)18-13/h2-8H,9-10H2,1H3,(H,17,19). The number of carbonyl (C=O) groups excluding carboxylic acids is 1. The summed E-state index contributed by atoms with van der Waals surface area (Å²) in [7, 11) is 1.60. The molecule has 5 nitrogen and oxygen atoms in total. The summed E-state index contributed by atoms with van der Waals surface area (Å²) >= 11 is 0. The van der Waals surface area contributed by atoms with E-state index < -0.39 is 11.9 Å². The number of aromatic nitrogens is 1. The highest BCUT2D eigenvalue weighted by Crippen LogP contribution is 2.16. The number of benzene rings is 1. The van der Waals surface area contributed by atoms with Crippen molar-refractivity contribution in [3.63, 3.8) is 0 Å². The van der Waals surface area contributed by atoms with Crippen LogP contribution in [0, 0.1) is 5.95 Å². The lowest BCUT2D eigenvalue weighted by atomic mass is 10.3. The highest BCUT2D eigenvalue weighted by Gasteiger charge is 2.08. The molecule has 2 rings (SSSR count). The van der Waals surface area contributed by atoms with Gasteiger partial charge in [0, 0.05) is 12.8 Å². The number of ether oxygens (including phenoxy) is 2. The lowest BCUT2D eigenvalue weighted by Gasteiger charge is -2.07. The lowest BCUT2D eigenvalue weighted by Crippen LogP contribution is -2.14. The predicted molar refractivity (Wildman–Crippen MR) is 76.0 cm³/mol. The molecule has 6 heteroatoms.